The molecule has 108 valence electrons. The first-order valence-electron chi connectivity index (χ1n) is 6.68. The van der Waals surface area contributed by atoms with Gasteiger partial charge in [-0.25, -0.2) is 4.79 Å². The summed E-state index contributed by atoms with van der Waals surface area (Å²) in [6.45, 7) is 10.4. The molecule has 20 heavy (non-hydrogen) atoms. The number of carboxylic acids is 1. The van der Waals surface area contributed by atoms with E-state index >= 15 is 0 Å². The lowest BCUT2D eigenvalue weighted by atomic mass is 10.1. The number of hydrogen-bond donors (Lipinski definition) is 1. The average molecular weight is 291 g/mol. The molecule has 2 aromatic rings. The molecule has 0 radical (unpaired) electrons. The molecular weight excluding hydrogens is 270 g/mol. The molecule has 0 saturated heterocycles. The molecular formula is C16H21NO2S. The third-order valence-electron chi connectivity index (χ3n) is 2.38. The molecule has 3 nitrogen and oxygen atoms in total. The van der Waals surface area contributed by atoms with E-state index in [4.69, 9.17) is 0 Å². The summed E-state index contributed by atoms with van der Waals surface area (Å²) in [7, 11) is 0. The Bertz CT molecular complexity index is 603. The second-order valence-electron chi connectivity index (χ2n) is 5.03. The minimum atomic E-state index is -0.916. The van der Waals surface area contributed by atoms with Crippen molar-refractivity contribution < 1.29 is 9.90 Å². The van der Waals surface area contributed by atoms with E-state index in [-0.39, 0.29) is 4.75 Å². The van der Waals surface area contributed by atoms with Crippen LogP contribution in [0.4, 0.5) is 0 Å². The molecule has 0 amide bonds. The van der Waals surface area contributed by atoms with Gasteiger partial charge in [-0.15, -0.1) is 11.8 Å². The summed E-state index contributed by atoms with van der Waals surface area (Å²) in [5, 5.41) is 9.87. The zero-order valence-corrected chi connectivity index (χ0v) is 13.4. The van der Waals surface area contributed by atoms with Gasteiger partial charge in [-0.3, -0.25) is 4.98 Å². The predicted molar refractivity (Wildman–Crippen MR) is 85.7 cm³/mol. The maximum Gasteiger partial charge on any atom is 0.336 e. The van der Waals surface area contributed by atoms with E-state index in [0.29, 0.717) is 10.9 Å². The van der Waals surface area contributed by atoms with Gasteiger partial charge in [-0.1, -0.05) is 46.8 Å². The van der Waals surface area contributed by atoms with Crippen LogP contribution in [0.1, 0.15) is 45.0 Å². The monoisotopic (exact) mass is 291 g/mol. The van der Waals surface area contributed by atoms with Crippen molar-refractivity contribution in [2.75, 3.05) is 0 Å². The number of carboxylic acid groups (broad SMARTS) is 1. The van der Waals surface area contributed by atoms with E-state index in [1.54, 1.807) is 24.0 Å². The summed E-state index contributed by atoms with van der Waals surface area (Å²) < 4.78 is 0.0647. The number of hydrogen-bond acceptors (Lipinski definition) is 3. The molecule has 0 spiro atoms. The van der Waals surface area contributed by atoms with Crippen molar-refractivity contribution in [2.45, 2.75) is 44.3 Å². The van der Waals surface area contributed by atoms with Crippen LogP contribution >= 0.6 is 11.8 Å². The van der Waals surface area contributed by atoms with Crippen LogP contribution < -0.4 is 0 Å². The summed E-state index contributed by atoms with van der Waals surface area (Å²) in [5.74, 6) is -0.916. The van der Waals surface area contributed by atoms with Gasteiger partial charge >= 0.3 is 5.97 Å². The lowest BCUT2D eigenvalue weighted by molar-refractivity contribution is 0.0699. The lowest BCUT2D eigenvalue weighted by Crippen LogP contribution is -2.07. The lowest BCUT2D eigenvalue weighted by Gasteiger charge is -2.18. The Morgan fingerprint density at radius 1 is 1.20 bits per heavy atom. The highest BCUT2D eigenvalue weighted by Gasteiger charge is 2.16. The number of aromatic nitrogens is 1. The van der Waals surface area contributed by atoms with E-state index in [2.05, 4.69) is 25.8 Å². The van der Waals surface area contributed by atoms with Crippen molar-refractivity contribution in [3.8, 4) is 0 Å². The summed E-state index contributed by atoms with van der Waals surface area (Å²) >= 11 is 1.70. The van der Waals surface area contributed by atoms with Gasteiger partial charge < -0.3 is 5.11 Å². The van der Waals surface area contributed by atoms with Crippen molar-refractivity contribution in [3.05, 3.63) is 36.0 Å². The van der Waals surface area contributed by atoms with Crippen LogP contribution in [0.15, 0.2) is 35.4 Å². The third-order valence-corrected chi connectivity index (χ3v) is 3.54. The molecule has 2 rings (SSSR count). The minimum absolute atomic E-state index is 0.0647. The van der Waals surface area contributed by atoms with Crippen molar-refractivity contribution in [1.29, 1.82) is 0 Å². The number of nitrogens with zero attached hydrogens (tertiary/aromatic N) is 1. The van der Waals surface area contributed by atoms with Gasteiger partial charge in [-0.05, 0) is 12.1 Å². The Morgan fingerprint density at radius 2 is 1.85 bits per heavy atom. The van der Waals surface area contributed by atoms with Gasteiger partial charge in [0.2, 0.25) is 0 Å². The molecule has 1 heterocycles. The molecule has 0 unspecified atom stereocenters. The number of para-hydroxylation sites is 1. The Kier molecular flexibility index (Phi) is 5.57. The summed E-state index contributed by atoms with van der Waals surface area (Å²) in [5.41, 5.74) is 1.06. The molecule has 0 saturated carbocycles. The van der Waals surface area contributed by atoms with Crippen LogP contribution in [-0.4, -0.2) is 20.8 Å². The van der Waals surface area contributed by atoms with Gasteiger partial charge in [0.25, 0.3) is 0 Å². The Hall–Kier alpha value is -1.55. The van der Waals surface area contributed by atoms with Gasteiger partial charge in [0.1, 0.15) is 0 Å². The molecule has 1 aromatic heterocycles. The van der Waals surface area contributed by atoms with Crippen LogP contribution in [-0.2, 0) is 0 Å². The number of benzene rings is 1. The Morgan fingerprint density at radius 3 is 2.40 bits per heavy atom. The summed E-state index contributed by atoms with van der Waals surface area (Å²) in [6, 6.07) is 7.20. The van der Waals surface area contributed by atoms with Gasteiger partial charge in [0.05, 0.1) is 11.1 Å². The van der Waals surface area contributed by atoms with E-state index in [9.17, 15) is 9.90 Å². The highest BCUT2D eigenvalue weighted by molar-refractivity contribution is 8.00. The number of thioether (sulfide) groups is 1. The molecule has 0 aliphatic carbocycles. The fraction of sp³-hybridized carbons (Fsp3) is 0.375. The Balaban J connectivity index is 0.000000956. The fourth-order valence-corrected chi connectivity index (χ4v) is 2.81. The largest absolute Gasteiger partial charge is 0.478 e. The molecule has 4 heteroatoms. The topological polar surface area (TPSA) is 50.2 Å². The van der Waals surface area contributed by atoms with Crippen LogP contribution in [0.2, 0.25) is 0 Å². The highest BCUT2D eigenvalue weighted by Crippen LogP contribution is 2.36. The molecule has 0 fully saturated rings. The van der Waals surface area contributed by atoms with E-state index in [0.717, 1.165) is 10.4 Å². The third kappa shape index (κ3) is 3.97. The van der Waals surface area contributed by atoms with E-state index in [1.807, 2.05) is 26.0 Å². The number of aromatic carboxylic acids is 1. The molecule has 1 aromatic carbocycles. The van der Waals surface area contributed by atoms with Crippen LogP contribution in [0.3, 0.4) is 0 Å². The van der Waals surface area contributed by atoms with Crippen molar-refractivity contribution in [2.24, 2.45) is 0 Å². The molecule has 0 bridgehead atoms. The Labute approximate surface area is 124 Å². The quantitative estimate of drug-likeness (QED) is 0.804. The maximum atomic E-state index is 11.2. The van der Waals surface area contributed by atoms with E-state index < -0.39 is 5.97 Å². The first-order valence-corrected chi connectivity index (χ1v) is 7.50. The second kappa shape index (κ2) is 6.75. The molecule has 0 atom stereocenters. The maximum absolute atomic E-state index is 11.2. The van der Waals surface area contributed by atoms with Crippen LogP contribution in [0.25, 0.3) is 10.9 Å². The first kappa shape index (κ1) is 16.5. The highest BCUT2D eigenvalue weighted by atomic mass is 32.2. The number of pyridine rings is 1. The van der Waals surface area contributed by atoms with Crippen LogP contribution in [0, 0.1) is 0 Å². The van der Waals surface area contributed by atoms with Gasteiger partial charge in [0.15, 0.2) is 0 Å². The smallest absolute Gasteiger partial charge is 0.336 e. The normalized spacial score (nSPS) is 10.8. The second-order valence-corrected chi connectivity index (χ2v) is 6.90. The summed E-state index contributed by atoms with van der Waals surface area (Å²) in [6.07, 6.45) is 1.55. The molecule has 0 aliphatic rings. The zero-order valence-electron chi connectivity index (χ0n) is 12.6. The molecule has 1 N–H and O–H groups in total. The minimum Gasteiger partial charge on any atom is -0.478 e. The van der Waals surface area contributed by atoms with Gasteiger partial charge in [0, 0.05) is 21.2 Å². The van der Waals surface area contributed by atoms with Gasteiger partial charge in [-0.2, -0.15) is 0 Å². The average Bonchev–Trinajstić information content (AvgIpc) is 2.39. The zero-order chi connectivity index (χ0) is 15.3. The fourth-order valence-electron chi connectivity index (χ4n) is 1.75. The van der Waals surface area contributed by atoms with Crippen molar-refractivity contribution in [1.82, 2.24) is 4.98 Å². The number of carbonyl (C=O) groups is 1. The summed E-state index contributed by atoms with van der Waals surface area (Å²) in [4.78, 5) is 16.5. The SMILES string of the molecule is CC.CC(C)(C)Sc1cccc2c(C(=O)O)ccnc12. The standard InChI is InChI=1S/C14H15NO2S.C2H6/c1-14(2,3)18-11-6-4-5-9-10(13(16)17)7-8-15-12(9)11;1-2/h4-8H,1-3H3,(H,16,17);1-2H3. The predicted octanol–water partition coefficient (Wildman–Crippen LogP) is 4.85. The van der Waals surface area contributed by atoms with E-state index in [1.165, 1.54) is 6.07 Å². The first-order chi connectivity index (χ1) is 9.38. The number of fused-ring (bicyclic) bond motifs is 1. The van der Waals surface area contributed by atoms with Crippen molar-refractivity contribution in [3.63, 3.8) is 0 Å². The number of rotatable bonds is 2. The molecule has 0 aliphatic heterocycles. The van der Waals surface area contributed by atoms with Crippen LogP contribution in [0.5, 0.6) is 0 Å². The van der Waals surface area contributed by atoms with Crippen molar-refractivity contribution >= 4 is 28.6 Å².